The molecule has 0 bridgehead atoms. The summed E-state index contributed by atoms with van der Waals surface area (Å²) in [5, 5.41) is 7.26. The molecule has 0 aliphatic carbocycles. The largest absolute Gasteiger partial charge is 0.347 e. The van der Waals surface area contributed by atoms with Crippen LogP contribution < -0.4 is 5.32 Å². The Morgan fingerprint density at radius 2 is 2.04 bits per heavy atom. The number of carbonyl (C=O) groups excluding carboxylic acids is 2. The molecule has 26 heavy (non-hydrogen) atoms. The van der Waals surface area contributed by atoms with E-state index in [0.717, 1.165) is 42.8 Å². The summed E-state index contributed by atoms with van der Waals surface area (Å²) in [6.07, 6.45) is 4.99. The van der Waals surface area contributed by atoms with E-state index in [0.29, 0.717) is 12.2 Å². The summed E-state index contributed by atoms with van der Waals surface area (Å²) in [6.45, 7) is 4.78. The molecule has 1 unspecified atom stereocenters. The first-order chi connectivity index (χ1) is 12.4. The first-order valence-electron chi connectivity index (χ1n) is 9.08. The third-order valence-corrected chi connectivity index (χ3v) is 5.20. The van der Waals surface area contributed by atoms with Crippen molar-refractivity contribution in [1.29, 1.82) is 0 Å². The second kappa shape index (κ2) is 7.35. The van der Waals surface area contributed by atoms with E-state index in [-0.39, 0.29) is 17.9 Å². The second-order valence-corrected chi connectivity index (χ2v) is 7.02. The molecule has 1 saturated heterocycles. The second-order valence-electron chi connectivity index (χ2n) is 7.02. The fourth-order valence-corrected chi connectivity index (χ4v) is 3.79. The Balaban J connectivity index is 1.74. The number of rotatable bonds is 4. The Hall–Kier alpha value is -2.57. The normalized spacial score (nSPS) is 17.4. The summed E-state index contributed by atoms with van der Waals surface area (Å²) >= 11 is 0. The van der Waals surface area contributed by atoms with Gasteiger partial charge >= 0.3 is 0 Å². The van der Waals surface area contributed by atoms with Gasteiger partial charge in [0.1, 0.15) is 5.69 Å². The van der Waals surface area contributed by atoms with Gasteiger partial charge in [-0.3, -0.25) is 14.3 Å². The molecule has 0 radical (unpaired) electrons. The number of carbonyl (C=O) groups is 2. The Morgan fingerprint density at radius 3 is 2.69 bits per heavy atom. The quantitative estimate of drug-likeness (QED) is 0.910. The summed E-state index contributed by atoms with van der Waals surface area (Å²) in [4.78, 5) is 26.5. The highest BCUT2D eigenvalue weighted by Gasteiger charge is 2.28. The van der Waals surface area contributed by atoms with Crippen LogP contribution in [0.3, 0.4) is 0 Å². The molecule has 7 heteroatoms. The monoisotopic (exact) mass is 357 g/mol. The molecule has 0 spiro atoms. The van der Waals surface area contributed by atoms with Crippen LogP contribution >= 0.6 is 0 Å². The molecule has 1 fully saturated rings. The van der Waals surface area contributed by atoms with Crippen LogP contribution in [0.5, 0.6) is 0 Å². The lowest BCUT2D eigenvalue weighted by atomic mass is 9.99. The first kappa shape index (κ1) is 18.2. The van der Waals surface area contributed by atoms with Crippen LogP contribution in [-0.2, 0) is 25.4 Å². The van der Waals surface area contributed by atoms with E-state index in [1.54, 1.807) is 11.6 Å². The van der Waals surface area contributed by atoms with Gasteiger partial charge in [-0.1, -0.05) is 0 Å². The van der Waals surface area contributed by atoms with Crippen molar-refractivity contribution in [3.05, 3.63) is 41.0 Å². The summed E-state index contributed by atoms with van der Waals surface area (Å²) < 4.78 is 3.66. The Labute approximate surface area is 154 Å². The topological polar surface area (TPSA) is 72.2 Å². The number of hydrogen-bond donors (Lipinski definition) is 1. The number of aryl methyl sites for hydroxylation is 2. The minimum Gasteiger partial charge on any atom is -0.347 e. The number of hydrogen-bond acceptors (Lipinski definition) is 3. The lowest BCUT2D eigenvalue weighted by Gasteiger charge is -2.35. The minimum absolute atomic E-state index is 0.0494. The van der Waals surface area contributed by atoms with Crippen LogP contribution in [0.25, 0.3) is 0 Å². The molecular formula is C19H27N5O2. The van der Waals surface area contributed by atoms with E-state index in [9.17, 15) is 9.59 Å². The molecule has 1 aliphatic heterocycles. The molecule has 7 nitrogen and oxygen atoms in total. The van der Waals surface area contributed by atoms with Crippen molar-refractivity contribution < 1.29 is 9.59 Å². The summed E-state index contributed by atoms with van der Waals surface area (Å²) in [7, 11) is 3.76. The predicted octanol–water partition coefficient (Wildman–Crippen LogP) is 2.07. The van der Waals surface area contributed by atoms with Gasteiger partial charge in [-0.15, -0.1) is 0 Å². The van der Waals surface area contributed by atoms with Gasteiger partial charge in [0.2, 0.25) is 5.91 Å². The number of likely N-dealkylation sites (tertiary alicyclic amines) is 1. The highest BCUT2D eigenvalue weighted by Crippen LogP contribution is 2.31. The Morgan fingerprint density at radius 1 is 1.27 bits per heavy atom. The van der Waals surface area contributed by atoms with Gasteiger partial charge in [-0.2, -0.15) is 5.10 Å². The van der Waals surface area contributed by atoms with Gasteiger partial charge in [0.05, 0.1) is 11.7 Å². The molecule has 2 aromatic heterocycles. The molecule has 0 saturated carbocycles. The van der Waals surface area contributed by atoms with E-state index in [1.807, 2.05) is 48.8 Å². The zero-order valence-electron chi connectivity index (χ0n) is 16.0. The van der Waals surface area contributed by atoms with Crippen molar-refractivity contribution in [3.63, 3.8) is 0 Å². The minimum atomic E-state index is -0.118. The lowest BCUT2D eigenvalue weighted by molar-refractivity contribution is -0.132. The van der Waals surface area contributed by atoms with E-state index in [2.05, 4.69) is 10.4 Å². The van der Waals surface area contributed by atoms with Gasteiger partial charge in [-0.25, -0.2) is 0 Å². The average molecular weight is 357 g/mol. The van der Waals surface area contributed by atoms with Crippen molar-refractivity contribution in [1.82, 2.24) is 24.6 Å². The Kier molecular flexibility index (Phi) is 5.15. The van der Waals surface area contributed by atoms with Gasteiger partial charge < -0.3 is 14.8 Å². The highest BCUT2D eigenvalue weighted by atomic mass is 16.2. The maximum absolute atomic E-state index is 12.6. The number of amides is 2. The molecule has 2 amide bonds. The SMILES string of the molecule is CC(=O)N1CCCCC1c1ccc(C(=O)NCc2cn(C)nc2C)n1C. The first-order valence-corrected chi connectivity index (χ1v) is 9.08. The van der Waals surface area contributed by atoms with Gasteiger partial charge in [0, 0.05) is 51.6 Å². The molecule has 2 aromatic rings. The zero-order chi connectivity index (χ0) is 18.8. The zero-order valence-corrected chi connectivity index (χ0v) is 16.0. The molecule has 1 N–H and O–H groups in total. The third kappa shape index (κ3) is 3.52. The summed E-state index contributed by atoms with van der Waals surface area (Å²) in [5.41, 5.74) is 3.54. The predicted molar refractivity (Wildman–Crippen MR) is 98.5 cm³/mol. The van der Waals surface area contributed by atoms with Crippen molar-refractivity contribution >= 4 is 11.8 Å². The molecular weight excluding hydrogens is 330 g/mol. The van der Waals surface area contributed by atoms with E-state index in [1.165, 1.54) is 0 Å². The molecule has 1 aliphatic rings. The lowest BCUT2D eigenvalue weighted by Crippen LogP contribution is -2.38. The van der Waals surface area contributed by atoms with Crippen LogP contribution in [0.2, 0.25) is 0 Å². The van der Waals surface area contributed by atoms with Crippen LogP contribution in [0.15, 0.2) is 18.3 Å². The molecule has 3 rings (SSSR count). The van der Waals surface area contributed by atoms with Crippen molar-refractivity contribution in [2.24, 2.45) is 14.1 Å². The standard InChI is InChI=1S/C19H27N5O2/c1-13-15(12-22(3)21-13)11-20-19(26)18-9-8-16(23(18)4)17-7-5-6-10-24(17)14(2)25/h8-9,12,17H,5-7,10-11H2,1-4H3,(H,20,26). The number of nitrogens with zero attached hydrogens (tertiary/aromatic N) is 4. The van der Waals surface area contributed by atoms with Crippen LogP contribution in [0.4, 0.5) is 0 Å². The fourth-order valence-electron chi connectivity index (χ4n) is 3.79. The molecule has 1 atom stereocenters. The van der Waals surface area contributed by atoms with Crippen molar-refractivity contribution in [2.45, 2.75) is 45.7 Å². The highest BCUT2D eigenvalue weighted by molar-refractivity contribution is 5.92. The maximum atomic E-state index is 12.6. The third-order valence-electron chi connectivity index (χ3n) is 5.20. The number of piperidine rings is 1. The van der Waals surface area contributed by atoms with Gasteiger partial charge in [0.15, 0.2) is 0 Å². The maximum Gasteiger partial charge on any atom is 0.268 e. The molecule has 3 heterocycles. The van der Waals surface area contributed by atoms with Gasteiger partial charge in [-0.05, 0) is 38.3 Å². The van der Waals surface area contributed by atoms with Crippen LogP contribution in [0, 0.1) is 6.92 Å². The summed E-state index contributed by atoms with van der Waals surface area (Å²) in [6, 6.07) is 3.86. The van der Waals surface area contributed by atoms with Crippen molar-refractivity contribution in [3.8, 4) is 0 Å². The van der Waals surface area contributed by atoms with Gasteiger partial charge in [0.25, 0.3) is 5.91 Å². The van der Waals surface area contributed by atoms with Crippen molar-refractivity contribution in [2.75, 3.05) is 6.54 Å². The number of nitrogens with one attached hydrogen (secondary N) is 1. The smallest absolute Gasteiger partial charge is 0.268 e. The van der Waals surface area contributed by atoms with Crippen LogP contribution in [-0.4, -0.2) is 37.6 Å². The Bertz CT molecular complexity index is 820. The molecule has 0 aromatic carbocycles. The average Bonchev–Trinajstić information content (AvgIpc) is 3.14. The number of aromatic nitrogens is 3. The van der Waals surface area contributed by atoms with E-state index in [4.69, 9.17) is 0 Å². The van der Waals surface area contributed by atoms with E-state index < -0.39 is 0 Å². The molecule has 140 valence electrons. The fraction of sp³-hybridized carbons (Fsp3) is 0.526. The van der Waals surface area contributed by atoms with Crippen LogP contribution in [0.1, 0.15) is 59.7 Å². The van der Waals surface area contributed by atoms with E-state index >= 15 is 0 Å². The summed E-state index contributed by atoms with van der Waals surface area (Å²) in [5.74, 6) is -0.0267.